The van der Waals surface area contributed by atoms with Crippen LogP contribution in [0.3, 0.4) is 0 Å². The van der Waals surface area contributed by atoms with Crippen LogP contribution in [0.15, 0.2) is 36.5 Å². The van der Waals surface area contributed by atoms with Crippen molar-refractivity contribution in [3.05, 3.63) is 52.0 Å². The summed E-state index contributed by atoms with van der Waals surface area (Å²) in [5.41, 5.74) is 1.02. The Morgan fingerprint density at radius 3 is 2.84 bits per heavy atom. The first-order valence-corrected chi connectivity index (χ1v) is 6.84. The van der Waals surface area contributed by atoms with E-state index in [1.54, 1.807) is 17.5 Å². The van der Waals surface area contributed by atoms with Gasteiger partial charge in [-0.15, -0.1) is 11.3 Å². The Labute approximate surface area is 116 Å². The van der Waals surface area contributed by atoms with Crippen LogP contribution < -0.4 is 5.32 Å². The van der Waals surface area contributed by atoms with E-state index in [-0.39, 0.29) is 5.97 Å². The first-order chi connectivity index (χ1) is 9.28. The maximum atomic E-state index is 11.2. The van der Waals surface area contributed by atoms with Crippen LogP contribution in [-0.2, 0) is 29.0 Å². The Kier molecular flexibility index (Phi) is 5.06. The van der Waals surface area contributed by atoms with Crippen molar-refractivity contribution in [2.45, 2.75) is 19.5 Å². The monoisotopic (exact) mass is 276 g/mol. The van der Waals surface area contributed by atoms with Crippen LogP contribution in [0, 0.1) is 0 Å². The summed E-state index contributed by atoms with van der Waals surface area (Å²) >= 11 is 1.63. The Morgan fingerprint density at radius 2 is 2.11 bits per heavy atom. The molecule has 0 saturated carbocycles. The molecule has 4 nitrogen and oxygen atoms in total. The molecule has 0 aliphatic rings. The van der Waals surface area contributed by atoms with Gasteiger partial charge < -0.3 is 10.1 Å². The van der Waals surface area contributed by atoms with E-state index < -0.39 is 0 Å². The molecular weight excluding hydrogens is 260 g/mol. The lowest BCUT2D eigenvalue weighted by atomic mass is 10.3. The number of hydrogen-bond acceptors (Lipinski definition) is 5. The molecule has 0 amide bonds. The van der Waals surface area contributed by atoms with Crippen molar-refractivity contribution in [3.8, 4) is 0 Å². The standard InChI is InChI=1S/C14H16N2O2S/c1-18-14(17)8-12-5-6-13(19-12)10-15-9-11-4-2-3-7-16-11/h2-7,15H,8-10H2,1H3. The average molecular weight is 276 g/mol. The summed E-state index contributed by atoms with van der Waals surface area (Å²) in [5.74, 6) is -0.199. The molecule has 1 N–H and O–H groups in total. The van der Waals surface area contributed by atoms with Crippen LogP contribution >= 0.6 is 11.3 Å². The number of methoxy groups -OCH3 is 1. The summed E-state index contributed by atoms with van der Waals surface area (Å²) in [6.45, 7) is 1.52. The van der Waals surface area contributed by atoms with Crippen molar-refractivity contribution in [1.29, 1.82) is 0 Å². The first-order valence-electron chi connectivity index (χ1n) is 6.03. The molecular formula is C14H16N2O2S. The molecule has 2 rings (SSSR count). The van der Waals surface area contributed by atoms with Crippen LogP contribution in [0.1, 0.15) is 15.4 Å². The zero-order valence-electron chi connectivity index (χ0n) is 10.8. The normalized spacial score (nSPS) is 10.4. The van der Waals surface area contributed by atoms with Crippen LogP contribution in [0.5, 0.6) is 0 Å². The fourth-order valence-electron chi connectivity index (χ4n) is 1.64. The molecule has 0 aliphatic carbocycles. The Bertz CT molecular complexity index is 525. The number of carbonyl (C=O) groups is 1. The molecule has 0 aromatic carbocycles. The molecule has 5 heteroatoms. The van der Waals surface area contributed by atoms with Gasteiger partial charge in [0.05, 0.1) is 19.2 Å². The first kappa shape index (κ1) is 13.7. The van der Waals surface area contributed by atoms with E-state index in [1.807, 2.05) is 30.3 Å². The van der Waals surface area contributed by atoms with E-state index >= 15 is 0 Å². The van der Waals surface area contributed by atoms with Gasteiger partial charge in [0.2, 0.25) is 0 Å². The number of aromatic nitrogens is 1. The molecule has 2 aromatic rings. The number of ether oxygens (including phenoxy) is 1. The molecule has 19 heavy (non-hydrogen) atoms. The molecule has 0 saturated heterocycles. The van der Waals surface area contributed by atoms with Crippen molar-refractivity contribution in [3.63, 3.8) is 0 Å². The lowest BCUT2D eigenvalue weighted by molar-refractivity contribution is -0.139. The molecule has 0 atom stereocenters. The lowest BCUT2D eigenvalue weighted by Gasteiger charge is -2.02. The van der Waals surface area contributed by atoms with Crippen molar-refractivity contribution in [1.82, 2.24) is 10.3 Å². The van der Waals surface area contributed by atoms with Crippen LogP contribution in [-0.4, -0.2) is 18.1 Å². The van der Waals surface area contributed by atoms with E-state index in [0.717, 1.165) is 23.7 Å². The summed E-state index contributed by atoms with van der Waals surface area (Å²) in [5, 5.41) is 3.33. The summed E-state index contributed by atoms with van der Waals surface area (Å²) in [6.07, 6.45) is 2.14. The lowest BCUT2D eigenvalue weighted by Crippen LogP contribution is -2.12. The summed E-state index contributed by atoms with van der Waals surface area (Å²) in [7, 11) is 1.41. The highest BCUT2D eigenvalue weighted by Crippen LogP contribution is 2.17. The molecule has 100 valence electrons. The molecule has 0 spiro atoms. The van der Waals surface area contributed by atoms with Gasteiger partial charge in [-0.1, -0.05) is 6.07 Å². The molecule has 0 radical (unpaired) electrons. The van der Waals surface area contributed by atoms with E-state index in [1.165, 1.54) is 12.0 Å². The third kappa shape index (κ3) is 4.46. The van der Waals surface area contributed by atoms with E-state index in [9.17, 15) is 4.79 Å². The minimum Gasteiger partial charge on any atom is -0.469 e. The van der Waals surface area contributed by atoms with E-state index in [2.05, 4.69) is 15.0 Å². The minimum atomic E-state index is -0.199. The molecule has 0 fully saturated rings. The van der Waals surface area contributed by atoms with Gasteiger partial charge >= 0.3 is 5.97 Å². The number of thiophene rings is 1. The highest BCUT2D eigenvalue weighted by molar-refractivity contribution is 7.12. The topological polar surface area (TPSA) is 51.2 Å². The molecule has 0 bridgehead atoms. The SMILES string of the molecule is COC(=O)Cc1ccc(CNCc2ccccn2)s1. The number of nitrogens with one attached hydrogen (secondary N) is 1. The van der Waals surface area contributed by atoms with Gasteiger partial charge in [0, 0.05) is 29.0 Å². The summed E-state index contributed by atoms with van der Waals surface area (Å²) < 4.78 is 4.65. The second kappa shape index (κ2) is 7.01. The number of hydrogen-bond donors (Lipinski definition) is 1. The second-order valence-electron chi connectivity index (χ2n) is 4.05. The third-order valence-corrected chi connectivity index (χ3v) is 3.68. The molecule has 0 unspecified atom stereocenters. The zero-order valence-corrected chi connectivity index (χ0v) is 11.6. The maximum Gasteiger partial charge on any atom is 0.310 e. The quantitative estimate of drug-likeness (QED) is 0.821. The largest absolute Gasteiger partial charge is 0.469 e. The number of esters is 1. The smallest absolute Gasteiger partial charge is 0.310 e. The minimum absolute atomic E-state index is 0.199. The van der Waals surface area contributed by atoms with Crippen molar-refractivity contribution in [2.75, 3.05) is 7.11 Å². The maximum absolute atomic E-state index is 11.2. The number of nitrogens with zero attached hydrogens (tertiary/aromatic N) is 1. The fraction of sp³-hybridized carbons (Fsp3) is 0.286. The Morgan fingerprint density at radius 1 is 1.26 bits per heavy atom. The van der Waals surface area contributed by atoms with Crippen molar-refractivity contribution >= 4 is 17.3 Å². The van der Waals surface area contributed by atoms with Gasteiger partial charge in [-0.3, -0.25) is 9.78 Å². The van der Waals surface area contributed by atoms with Gasteiger partial charge in [0.1, 0.15) is 0 Å². The van der Waals surface area contributed by atoms with Gasteiger partial charge in [0.25, 0.3) is 0 Å². The van der Waals surface area contributed by atoms with Crippen molar-refractivity contribution < 1.29 is 9.53 Å². The highest BCUT2D eigenvalue weighted by atomic mass is 32.1. The zero-order chi connectivity index (χ0) is 13.5. The van der Waals surface area contributed by atoms with Crippen LogP contribution in [0.2, 0.25) is 0 Å². The predicted octanol–water partition coefficient (Wildman–Crippen LogP) is 2.15. The van der Waals surface area contributed by atoms with E-state index in [0.29, 0.717) is 6.42 Å². The van der Waals surface area contributed by atoms with Gasteiger partial charge in [-0.25, -0.2) is 0 Å². The summed E-state index contributed by atoms with van der Waals surface area (Å²) in [6, 6.07) is 9.88. The van der Waals surface area contributed by atoms with Crippen molar-refractivity contribution in [2.24, 2.45) is 0 Å². The summed E-state index contributed by atoms with van der Waals surface area (Å²) in [4.78, 5) is 17.6. The predicted molar refractivity (Wildman–Crippen MR) is 74.8 cm³/mol. The third-order valence-electron chi connectivity index (χ3n) is 2.60. The van der Waals surface area contributed by atoms with Gasteiger partial charge in [0.15, 0.2) is 0 Å². The number of carbonyl (C=O) groups excluding carboxylic acids is 1. The fourth-order valence-corrected chi connectivity index (χ4v) is 2.62. The Balaban J connectivity index is 1.79. The molecule has 2 aromatic heterocycles. The highest BCUT2D eigenvalue weighted by Gasteiger charge is 2.06. The average Bonchev–Trinajstić information content (AvgIpc) is 2.87. The van der Waals surface area contributed by atoms with Crippen LogP contribution in [0.4, 0.5) is 0 Å². The van der Waals surface area contributed by atoms with Crippen LogP contribution in [0.25, 0.3) is 0 Å². The Hall–Kier alpha value is -1.72. The van der Waals surface area contributed by atoms with Gasteiger partial charge in [-0.05, 0) is 24.3 Å². The number of pyridine rings is 1. The second-order valence-corrected chi connectivity index (χ2v) is 5.30. The van der Waals surface area contributed by atoms with E-state index in [4.69, 9.17) is 0 Å². The molecule has 0 aliphatic heterocycles. The van der Waals surface area contributed by atoms with Gasteiger partial charge in [-0.2, -0.15) is 0 Å². The number of rotatable bonds is 6. The molecule has 2 heterocycles.